The molecule has 7 heteroatoms. The van der Waals surface area contributed by atoms with Gasteiger partial charge in [-0.1, -0.05) is 11.6 Å². The number of benzene rings is 1. The Hall–Kier alpha value is -2.34. The fourth-order valence-electron chi connectivity index (χ4n) is 1.47. The van der Waals surface area contributed by atoms with Crippen molar-refractivity contribution in [2.45, 2.75) is 0 Å². The van der Waals surface area contributed by atoms with Crippen LogP contribution in [0, 0.1) is 0 Å². The number of aromatic nitrogens is 2. The average molecular weight is 279 g/mol. The van der Waals surface area contributed by atoms with E-state index in [1.54, 1.807) is 18.2 Å². The van der Waals surface area contributed by atoms with Crippen LogP contribution in [0.3, 0.4) is 0 Å². The molecule has 0 aliphatic rings. The van der Waals surface area contributed by atoms with Crippen LogP contribution in [0.4, 0.5) is 11.5 Å². The van der Waals surface area contributed by atoms with Crippen LogP contribution in [0.5, 0.6) is 5.75 Å². The zero-order valence-electron chi connectivity index (χ0n) is 10.1. The number of ether oxygens (including phenoxy) is 1. The Labute approximate surface area is 114 Å². The van der Waals surface area contributed by atoms with E-state index < -0.39 is 0 Å². The number of rotatable bonds is 3. The number of carbonyl (C=O) groups is 1. The van der Waals surface area contributed by atoms with E-state index >= 15 is 0 Å². The van der Waals surface area contributed by atoms with Crippen molar-refractivity contribution in [3.05, 3.63) is 41.0 Å². The maximum atomic E-state index is 12.1. The quantitative estimate of drug-likeness (QED) is 0.838. The predicted molar refractivity (Wildman–Crippen MR) is 72.4 cm³/mol. The minimum absolute atomic E-state index is 0.250. The molecule has 1 aromatic heterocycles. The van der Waals surface area contributed by atoms with Gasteiger partial charge in [0, 0.05) is 5.69 Å². The Morgan fingerprint density at radius 3 is 2.74 bits per heavy atom. The summed E-state index contributed by atoms with van der Waals surface area (Å²) < 4.78 is 5.10. The topological polar surface area (TPSA) is 90.1 Å². The minimum Gasteiger partial charge on any atom is -0.496 e. The first-order valence-electron chi connectivity index (χ1n) is 5.34. The standard InChI is InChI=1S/C12H11ClN4O2/c1-19-9-3-2-7(14)6-8(9)12(18)15-11-5-4-10(13)16-17-11/h2-6H,14H2,1H3,(H,15,17,18). The van der Waals surface area contributed by atoms with Gasteiger partial charge >= 0.3 is 0 Å². The second kappa shape index (κ2) is 5.53. The number of anilines is 2. The van der Waals surface area contributed by atoms with E-state index in [4.69, 9.17) is 22.1 Å². The molecule has 2 aromatic rings. The number of amides is 1. The summed E-state index contributed by atoms with van der Waals surface area (Å²) in [6.45, 7) is 0. The van der Waals surface area contributed by atoms with E-state index in [0.29, 0.717) is 22.8 Å². The molecule has 0 saturated heterocycles. The normalized spacial score (nSPS) is 10.0. The van der Waals surface area contributed by atoms with E-state index in [1.807, 2.05) is 0 Å². The minimum atomic E-state index is -0.388. The third-order valence-electron chi connectivity index (χ3n) is 2.34. The summed E-state index contributed by atoms with van der Waals surface area (Å²) in [5, 5.41) is 10.2. The van der Waals surface area contributed by atoms with Gasteiger partial charge in [0.2, 0.25) is 0 Å². The Morgan fingerprint density at radius 1 is 1.32 bits per heavy atom. The molecule has 19 heavy (non-hydrogen) atoms. The molecule has 0 bridgehead atoms. The fourth-order valence-corrected chi connectivity index (χ4v) is 1.57. The first-order valence-corrected chi connectivity index (χ1v) is 5.72. The zero-order valence-corrected chi connectivity index (χ0v) is 10.8. The number of carbonyl (C=O) groups excluding carboxylic acids is 1. The van der Waals surface area contributed by atoms with Gasteiger partial charge in [0.15, 0.2) is 11.0 Å². The van der Waals surface area contributed by atoms with Crippen LogP contribution in [0.2, 0.25) is 5.15 Å². The van der Waals surface area contributed by atoms with Crippen molar-refractivity contribution in [3.63, 3.8) is 0 Å². The maximum Gasteiger partial charge on any atom is 0.260 e. The van der Waals surface area contributed by atoms with Crippen molar-refractivity contribution >= 4 is 29.0 Å². The SMILES string of the molecule is COc1ccc(N)cc1C(=O)Nc1ccc(Cl)nn1. The van der Waals surface area contributed by atoms with Crippen LogP contribution in [0.1, 0.15) is 10.4 Å². The number of nitrogens with zero attached hydrogens (tertiary/aromatic N) is 2. The van der Waals surface area contributed by atoms with Gasteiger partial charge in [0.05, 0.1) is 12.7 Å². The van der Waals surface area contributed by atoms with E-state index in [-0.39, 0.29) is 11.1 Å². The number of hydrogen-bond acceptors (Lipinski definition) is 5. The fraction of sp³-hybridized carbons (Fsp3) is 0.0833. The molecule has 0 spiro atoms. The number of nitrogen functional groups attached to an aromatic ring is 1. The van der Waals surface area contributed by atoms with Crippen LogP contribution in [-0.2, 0) is 0 Å². The molecule has 0 saturated carbocycles. The molecule has 2 rings (SSSR count). The van der Waals surface area contributed by atoms with Gasteiger partial charge in [-0.25, -0.2) is 0 Å². The Balaban J connectivity index is 2.24. The lowest BCUT2D eigenvalue weighted by molar-refractivity contribution is 0.102. The molecule has 0 aliphatic carbocycles. The summed E-state index contributed by atoms with van der Waals surface area (Å²) in [6.07, 6.45) is 0. The second-order valence-electron chi connectivity index (χ2n) is 3.66. The maximum absolute atomic E-state index is 12.1. The first kappa shape index (κ1) is 13.1. The van der Waals surface area contributed by atoms with E-state index in [0.717, 1.165) is 0 Å². The van der Waals surface area contributed by atoms with Crippen LogP contribution in [0.25, 0.3) is 0 Å². The van der Waals surface area contributed by atoms with Gasteiger partial charge in [-0.2, -0.15) is 0 Å². The highest BCUT2D eigenvalue weighted by atomic mass is 35.5. The number of nitrogens with one attached hydrogen (secondary N) is 1. The van der Waals surface area contributed by atoms with Crippen molar-refractivity contribution in [2.75, 3.05) is 18.2 Å². The van der Waals surface area contributed by atoms with Gasteiger partial charge in [-0.15, -0.1) is 10.2 Å². The number of methoxy groups -OCH3 is 1. The van der Waals surface area contributed by atoms with E-state index in [9.17, 15) is 4.79 Å². The molecule has 0 unspecified atom stereocenters. The number of hydrogen-bond donors (Lipinski definition) is 2. The smallest absolute Gasteiger partial charge is 0.260 e. The van der Waals surface area contributed by atoms with Crippen molar-refractivity contribution < 1.29 is 9.53 Å². The summed E-state index contributed by atoms with van der Waals surface area (Å²) in [5.41, 5.74) is 6.44. The molecule has 6 nitrogen and oxygen atoms in total. The van der Waals surface area contributed by atoms with Gasteiger partial charge < -0.3 is 15.8 Å². The Morgan fingerprint density at radius 2 is 2.11 bits per heavy atom. The van der Waals surface area contributed by atoms with Crippen LogP contribution in [0.15, 0.2) is 30.3 Å². The van der Waals surface area contributed by atoms with Crippen LogP contribution >= 0.6 is 11.6 Å². The summed E-state index contributed by atoms with van der Waals surface area (Å²) in [5.74, 6) is 0.327. The molecule has 1 amide bonds. The van der Waals surface area contributed by atoms with Crippen LogP contribution in [-0.4, -0.2) is 23.2 Å². The lowest BCUT2D eigenvalue weighted by Crippen LogP contribution is -2.14. The van der Waals surface area contributed by atoms with Gasteiger partial charge in [-0.3, -0.25) is 4.79 Å². The summed E-state index contributed by atoms with van der Waals surface area (Å²) >= 11 is 5.61. The molecule has 3 N–H and O–H groups in total. The monoisotopic (exact) mass is 278 g/mol. The van der Waals surface area contributed by atoms with E-state index in [2.05, 4.69) is 15.5 Å². The van der Waals surface area contributed by atoms with Crippen molar-refractivity contribution in [1.29, 1.82) is 0 Å². The molecule has 0 radical (unpaired) electrons. The largest absolute Gasteiger partial charge is 0.496 e. The lowest BCUT2D eigenvalue weighted by Gasteiger charge is -2.09. The van der Waals surface area contributed by atoms with Gasteiger partial charge in [0.25, 0.3) is 5.91 Å². The van der Waals surface area contributed by atoms with Crippen molar-refractivity contribution in [3.8, 4) is 5.75 Å². The summed E-state index contributed by atoms with van der Waals surface area (Å²) in [4.78, 5) is 12.1. The average Bonchev–Trinajstić information content (AvgIpc) is 2.41. The molecule has 98 valence electrons. The number of halogens is 1. The molecule has 0 fully saturated rings. The van der Waals surface area contributed by atoms with E-state index in [1.165, 1.54) is 19.2 Å². The van der Waals surface area contributed by atoms with Gasteiger partial charge in [-0.05, 0) is 30.3 Å². The third kappa shape index (κ3) is 3.11. The Bertz CT molecular complexity index is 601. The number of nitrogens with two attached hydrogens (primary N) is 1. The molecular weight excluding hydrogens is 268 g/mol. The van der Waals surface area contributed by atoms with Gasteiger partial charge in [0.1, 0.15) is 5.75 Å². The van der Waals surface area contributed by atoms with Crippen molar-refractivity contribution in [1.82, 2.24) is 10.2 Å². The highest BCUT2D eigenvalue weighted by molar-refractivity contribution is 6.29. The third-order valence-corrected chi connectivity index (χ3v) is 2.54. The lowest BCUT2D eigenvalue weighted by atomic mass is 10.1. The summed E-state index contributed by atoms with van der Waals surface area (Å²) in [6, 6.07) is 7.87. The Kier molecular flexibility index (Phi) is 3.82. The zero-order chi connectivity index (χ0) is 13.8. The summed E-state index contributed by atoms with van der Waals surface area (Å²) in [7, 11) is 1.48. The molecule has 1 aromatic carbocycles. The molecule has 1 heterocycles. The highest BCUT2D eigenvalue weighted by Gasteiger charge is 2.13. The highest BCUT2D eigenvalue weighted by Crippen LogP contribution is 2.22. The molecular formula is C12H11ClN4O2. The second-order valence-corrected chi connectivity index (χ2v) is 4.04. The molecule has 0 atom stereocenters. The molecule has 0 aliphatic heterocycles. The predicted octanol–water partition coefficient (Wildman–Crippen LogP) is 1.97. The first-order chi connectivity index (χ1) is 9.10. The van der Waals surface area contributed by atoms with Crippen molar-refractivity contribution in [2.24, 2.45) is 0 Å². The van der Waals surface area contributed by atoms with Crippen LogP contribution < -0.4 is 15.8 Å².